The average molecular weight is 315 g/mol. The van der Waals surface area contributed by atoms with Gasteiger partial charge in [0.25, 0.3) is 0 Å². The monoisotopic (exact) mass is 314 g/mol. The predicted molar refractivity (Wildman–Crippen MR) is 91.5 cm³/mol. The van der Waals surface area contributed by atoms with Crippen molar-refractivity contribution >= 4 is 23.5 Å². The maximum Gasteiger partial charge on any atom is 0.130 e. The Kier molecular flexibility index (Phi) is 5.79. The topological polar surface area (TPSA) is 26.3 Å². The van der Waals surface area contributed by atoms with Crippen molar-refractivity contribution in [2.24, 2.45) is 5.92 Å². The average Bonchev–Trinajstić information content (AvgIpc) is 2.47. The SMILES string of the molecule is CC(=O)CC(C)/C=C/c1cccc(Oc2ccc(Cl)cc2)c1. The van der Waals surface area contributed by atoms with Gasteiger partial charge in [-0.3, -0.25) is 0 Å². The van der Waals surface area contributed by atoms with E-state index in [2.05, 4.69) is 0 Å². The molecule has 1 atom stereocenters. The summed E-state index contributed by atoms with van der Waals surface area (Å²) in [5.74, 6) is 1.95. The molecule has 114 valence electrons. The number of allylic oxidation sites excluding steroid dienone is 1. The third-order valence-corrected chi connectivity index (χ3v) is 3.39. The van der Waals surface area contributed by atoms with Gasteiger partial charge in [0.05, 0.1) is 0 Å². The van der Waals surface area contributed by atoms with Crippen molar-refractivity contribution in [2.45, 2.75) is 20.3 Å². The second-order valence-corrected chi connectivity index (χ2v) is 5.81. The molecule has 1 unspecified atom stereocenters. The highest BCUT2D eigenvalue weighted by atomic mass is 35.5. The molecule has 0 N–H and O–H groups in total. The molecule has 0 saturated heterocycles. The minimum atomic E-state index is 0.206. The van der Waals surface area contributed by atoms with Crippen LogP contribution >= 0.6 is 11.6 Å². The van der Waals surface area contributed by atoms with E-state index in [4.69, 9.17) is 16.3 Å². The van der Waals surface area contributed by atoms with E-state index in [1.165, 1.54) is 0 Å². The van der Waals surface area contributed by atoms with E-state index in [0.717, 1.165) is 17.1 Å². The fraction of sp³-hybridized carbons (Fsp3) is 0.211. The summed E-state index contributed by atoms with van der Waals surface area (Å²) in [6.45, 7) is 3.65. The van der Waals surface area contributed by atoms with Crippen LogP contribution in [0.5, 0.6) is 11.5 Å². The van der Waals surface area contributed by atoms with Crippen molar-refractivity contribution in [1.29, 1.82) is 0 Å². The molecule has 0 heterocycles. The van der Waals surface area contributed by atoms with Crippen molar-refractivity contribution in [1.82, 2.24) is 0 Å². The lowest BCUT2D eigenvalue weighted by Crippen LogP contribution is -1.97. The van der Waals surface area contributed by atoms with Crippen LogP contribution in [0.3, 0.4) is 0 Å². The van der Waals surface area contributed by atoms with E-state index >= 15 is 0 Å². The first-order valence-electron chi connectivity index (χ1n) is 7.24. The van der Waals surface area contributed by atoms with E-state index in [-0.39, 0.29) is 11.7 Å². The number of ether oxygens (including phenoxy) is 1. The Morgan fingerprint density at radius 1 is 1.18 bits per heavy atom. The first kappa shape index (κ1) is 16.3. The molecule has 0 spiro atoms. The van der Waals surface area contributed by atoms with Gasteiger partial charge >= 0.3 is 0 Å². The summed E-state index contributed by atoms with van der Waals surface area (Å²) in [4.78, 5) is 11.1. The van der Waals surface area contributed by atoms with Gasteiger partial charge in [-0.1, -0.05) is 42.8 Å². The fourth-order valence-corrected chi connectivity index (χ4v) is 2.24. The van der Waals surface area contributed by atoms with Gasteiger partial charge in [0.1, 0.15) is 17.3 Å². The Labute approximate surface area is 136 Å². The van der Waals surface area contributed by atoms with Crippen molar-refractivity contribution < 1.29 is 9.53 Å². The summed E-state index contributed by atoms with van der Waals surface area (Å²) in [5.41, 5.74) is 1.04. The molecule has 3 heteroatoms. The van der Waals surface area contributed by atoms with Gasteiger partial charge in [-0.05, 0) is 54.8 Å². The minimum absolute atomic E-state index is 0.206. The van der Waals surface area contributed by atoms with Crippen LogP contribution < -0.4 is 4.74 Å². The number of rotatable bonds is 6. The van der Waals surface area contributed by atoms with Crippen molar-refractivity contribution in [2.75, 3.05) is 0 Å². The van der Waals surface area contributed by atoms with Gasteiger partial charge in [0.15, 0.2) is 0 Å². The molecule has 2 nitrogen and oxygen atoms in total. The highest BCUT2D eigenvalue weighted by molar-refractivity contribution is 6.30. The lowest BCUT2D eigenvalue weighted by molar-refractivity contribution is -0.117. The van der Waals surface area contributed by atoms with Crippen LogP contribution in [0.15, 0.2) is 54.6 Å². The minimum Gasteiger partial charge on any atom is -0.457 e. The molecule has 2 aromatic carbocycles. The summed E-state index contributed by atoms with van der Waals surface area (Å²) in [7, 11) is 0. The number of Topliss-reactive ketones (excluding diaryl/α,β-unsaturated/α-hetero) is 1. The van der Waals surface area contributed by atoms with Crippen LogP contribution in [0.2, 0.25) is 5.02 Å². The van der Waals surface area contributed by atoms with Crippen LogP contribution in [0.25, 0.3) is 6.08 Å². The molecule has 0 aliphatic rings. The molecule has 0 aromatic heterocycles. The van der Waals surface area contributed by atoms with Gasteiger partial charge in [-0.2, -0.15) is 0 Å². The molecule has 0 aliphatic carbocycles. The molecule has 0 fully saturated rings. The summed E-state index contributed by atoms with van der Waals surface area (Å²) >= 11 is 5.86. The Morgan fingerprint density at radius 2 is 1.91 bits per heavy atom. The van der Waals surface area contributed by atoms with Crippen LogP contribution in [0.1, 0.15) is 25.8 Å². The smallest absolute Gasteiger partial charge is 0.130 e. The van der Waals surface area contributed by atoms with E-state index in [0.29, 0.717) is 11.4 Å². The van der Waals surface area contributed by atoms with E-state index < -0.39 is 0 Å². The zero-order valence-corrected chi connectivity index (χ0v) is 13.5. The highest BCUT2D eigenvalue weighted by Gasteiger charge is 2.01. The lowest BCUT2D eigenvalue weighted by Gasteiger charge is -2.07. The van der Waals surface area contributed by atoms with Gasteiger partial charge in [0.2, 0.25) is 0 Å². The maximum atomic E-state index is 11.1. The number of hydrogen-bond donors (Lipinski definition) is 0. The second-order valence-electron chi connectivity index (χ2n) is 5.37. The number of halogens is 1. The Morgan fingerprint density at radius 3 is 2.59 bits per heavy atom. The molecule has 0 amide bonds. The largest absolute Gasteiger partial charge is 0.457 e. The predicted octanol–water partition coefficient (Wildman–Crippen LogP) is 5.76. The standard InChI is InChI=1S/C19H19ClO2/c1-14(12-15(2)21)6-7-16-4-3-5-19(13-16)22-18-10-8-17(20)9-11-18/h3-11,13-14H,12H2,1-2H3/b7-6+. The van der Waals surface area contributed by atoms with Gasteiger partial charge in [-0.15, -0.1) is 0 Å². The van der Waals surface area contributed by atoms with Crippen LogP contribution in [-0.2, 0) is 4.79 Å². The van der Waals surface area contributed by atoms with Gasteiger partial charge in [0, 0.05) is 11.4 Å². The molecule has 2 rings (SSSR count). The summed E-state index contributed by atoms with van der Waals surface area (Å²) in [6.07, 6.45) is 4.63. The Bertz CT molecular complexity index is 659. The lowest BCUT2D eigenvalue weighted by atomic mass is 10.0. The van der Waals surface area contributed by atoms with Gasteiger partial charge < -0.3 is 9.53 Å². The Hall–Kier alpha value is -2.06. The number of hydrogen-bond acceptors (Lipinski definition) is 2. The number of ketones is 1. The molecule has 22 heavy (non-hydrogen) atoms. The fourth-order valence-electron chi connectivity index (χ4n) is 2.12. The molecule has 2 aromatic rings. The molecule has 0 aliphatic heterocycles. The molecule has 0 bridgehead atoms. The number of benzene rings is 2. The molecule has 0 saturated carbocycles. The normalized spacial score (nSPS) is 12.3. The quantitative estimate of drug-likeness (QED) is 0.677. The highest BCUT2D eigenvalue weighted by Crippen LogP contribution is 2.24. The van der Waals surface area contributed by atoms with Crippen molar-refractivity contribution in [3.05, 3.63) is 65.2 Å². The Balaban J connectivity index is 2.05. The first-order valence-corrected chi connectivity index (χ1v) is 7.62. The number of carbonyl (C=O) groups is 1. The van der Waals surface area contributed by atoms with Crippen molar-refractivity contribution in [3.8, 4) is 11.5 Å². The van der Waals surface area contributed by atoms with Gasteiger partial charge in [-0.25, -0.2) is 0 Å². The summed E-state index contributed by atoms with van der Waals surface area (Å²) in [6, 6.07) is 15.1. The summed E-state index contributed by atoms with van der Waals surface area (Å²) in [5, 5.41) is 0.684. The molecular weight excluding hydrogens is 296 g/mol. The summed E-state index contributed by atoms with van der Waals surface area (Å²) < 4.78 is 5.80. The van der Waals surface area contributed by atoms with E-state index in [1.54, 1.807) is 19.1 Å². The second kappa shape index (κ2) is 7.81. The zero-order chi connectivity index (χ0) is 15.9. The van der Waals surface area contributed by atoms with Crippen molar-refractivity contribution in [3.63, 3.8) is 0 Å². The molecular formula is C19H19ClO2. The first-order chi connectivity index (χ1) is 10.5. The third-order valence-electron chi connectivity index (χ3n) is 3.13. The number of carbonyl (C=O) groups excluding carboxylic acids is 1. The maximum absolute atomic E-state index is 11.1. The van der Waals surface area contributed by atoms with Crippen LogP contribution in [-0.4, -0.2) is 5.78 Å². The van der Waals surface area contributed by atoms with Crippen LogP contribution in [0.4, 0.5) is 0 Å². The van der Waals surface area contributed by atoms with Crippen LogP contribution in [0, 0.1) is 5.92 Å². The van der Waals surface area contributed by atoms with E-state index in [9.17, 15) is 4.79 Å². The zero-order valence-electron chi connectivity index (χ0n) is 12.8. The molecule has 0 radical (unpaired) electrons. The third kappa shape index (κ3) is 5.38. The van der Waals surface area contributed by atoms with E-state index in [1.807, 2.05) is 55.5 Å².